The summed E-state index contributed by atoms with van der Waals surface area (Å²) in [5.74, 6) is 0.993. The van der Waals surface area contributed by atoms with E-state index in [1.54, 1.807) is 0 Å². The summed E-state index contributed by atoms with van der Waals surface area (Å²) >= 11 is 0. The monoisotopic (exact) mass is 232 g/mol. The van der Waals surface area contributed by atoms with Gasteiger partial charge in [-0.2, -0.15) is 0 Å². The first-order valence-corrected chi connectivity index (χ1v) is 6.34. The summed E-state index contributed by atoms with van der Waals surface area (Å²) in [5.41, 5.74) is 8.72. The van der Waals surface area contributed by atoms with Gasteiger partial charge in [-0.05, 0) is 20.0 Å². The molecule has 0 unspecified atom stereocenters. The SMILES string of the molecule is Cc1ccc2c(c1)[C@@H](N)C1(CCN(C)CC1)O2. The van der Waals surface area contributed by atoms with Gasteiger partial charge in [0, 0.05) is 31.5 Å². The van der Waals surface area contributed by atoms with E-state index in [0.717, 1.165) is 31.7 Å². The first-order valence-electron chi connectivity index (χ1n) is 6.34. The van der Waals surface area contributed by atoms with Gasteiger partial charge in [0.15, 0.2) is 0 Å². The molecule has 0 saturated carbocycles. The molecule has 3 rings (SSSR count). The van der Waals surface area contributed by atoms with Crippen LogP contribution in [0.2, 0.25) is 0 Å². The molecule has 0 amide bonds. The Hall–Kier alpha value is -1.06. The van der Waals surface area contributed by atoms with Crippen molar-refractivity contribution in [3.63, 3.8) is 0 Å². The lowest BCUT2D eigenvalue weighted by Gasteiger charge is -2.39. The Morgan fingerprint density at radius 2 is 2.06 bits per heavy atom. The van der Waals surface area contributed by atoms with Gasteiger partial charge in [-0.1, -0.05) is 17.7 Å². The molecule has 3 heteroatoms. The molecular weight excluding hydrogens is 212 g/mol. The number of benzene rings is 1. The molecule has 1 aromatic carbocycles. The van der Waals surface area contributed by atoms with Gasteiger partial charge < -0.3 is 15.4 Å². The summed E-state index contributed by atoms with van der Waals surface area (Å²) in [7, 11) is 2.16. The number of hydrogen-bond donors (Lipinski definition) is 1. The fourth-order valence-electron chi connectivity index (χ4n) is 2.98. The summed E-state index contributed by atoms with van der Waals surface area (Å²) in [5, 5.41) is 0. The van der Waals surface area contributed by atoms with Gasteiger partial charge in [0.05, 0.1) is 6.04 Å². The van der Waals surface area contributed by atoms with Crippen molar-refractivity contribution >= 4 is 0 Å². The van der Waals surface area contributed by atoms with Crippen LogP contribution in [-0.4, -0.2) is 30.6 Å². The topological polar surface area (TPSA) is 38.5 Å². The summed E-state index contributed by atoms with van der Waals surface area (Å²) in [4.78, 5) is 2.34. The van der Waals surface area contributed by atoms with Crippen LogP contribution >= 0.6 is 0 Å². The lowest BCUT2D eigenvalue weighted by Crippen LogP contribution is -2.50. The van der Waals surface area contributed by atoms with Crippen molar-refractivity contribution in [2.24, 2.45) is 5.73 Å². The third-order valence-corrected chi connectivity index (χ3v) is 4.21. The molecule has 0 bridgehead atoms. The molecule has 1 fully saturated rings. The van der Waals surface area contributed by atoms with Crippen LogP contribution in [0.3, 0.4) is 0 Å². The van der Waals surface area contributed by atoms with Crippen LogP contribution in [0, 0.1) is 6.92 Å². The fraction of sp³-hybridized carbons (Fsp3) is 0.571. The second-order valence-electron chi connectivity index (χ2n) is 5.49. The number of likely N-dealkylation sites (tertiary alicyclic amines) is 1. The zero-order valence-electron chi connectivity index (χ0n) is 10.6. The summed E-state index contributed by atoms with van der Waals surface area (Å²) in [6.07, 6.45) is 2.05. The number of nitrogens with zero attached hydrogens (tertiary/aromatic N) is 1. The predicted molar refractivity (Wildman–Crippen MR) is 68.2 cm³/mol. The maximum absolute atomic E-state index is 6.43. The maximum atomic E-state index is 6.43. The van der Waals surface area contributed by atoms with Crippen molar-refractivity contribution in [2.75, 3.05) is 20.1 Å². The first kappa shape index (κ1) is 11.1. The third-order valence-electron chi connectivity index (χ3n) is 4.21. The Morgan fingerprint density at radius 1 is 1.35 bits per heavy atom. The smallest absolute Gasteiger partial charge is 0.131 e. The van der Waals surface area contributed by atoms with E-state index in [0.29, 0.717) is 0 Å². The largest absolute Gasteiger partial charge is 0.485 e. The van der Waals surface area contributed by atoms with E-state index in [2.05, 4.69) is 37.1 Å². The van der Waals surface area contributed by atoms with Crippen molar-refractivity contribution in [2.45, 2.75) is 31.4 Å². The zero-order chi connectivity index (χ0) is 12.0. The average molecular weight is 232 g/mol. The minimum atomic E-state index is -0.150. The van der Waals surface area contributed by atoms with Crippen LogP contribution in [0.1, 0.15) is 30.0 Å². The van der Waals surface area contributed by atoms with Crippen LogP contribution in [0.25, 0.3) is 0 Å². The van der Waals surface area contributed by atoms with Gasteiger partial charge >= 0.3 is 0 Å². The fourth-order valence-corrected chi connectivity index (χ4v) is 2.98. The van der Waals surface area contributed by atoms with Crippen LogP contribution < -0.4 is 10.5 Å². The molecule has 0 radical (unpaired) electrons. The van der Waals surface area contributed by atoms with E-state index in [1.165, 1.54) is 11.1 Å². The van der Waals surface area contributed by atoms with E-state index < -0.39 is 0 Å². The van der Waals surface area contributed by atoms with E-state index in [-0.39, 0.29) is 11.6 Å². The van der Waals surface area contributed by atoms with E-state index in [9.17, 15) is 0 Å². The number of nitrogens with two attached hydrogens (primary N) is 1. The molecule has 92 valence electrons. The number of ether oxygens (including phenoxy) is 1. The molecule has 0 aliphatic carbocycles. The highest BCUT2D eigenvalue weighted by molar-refractivity contribution is 5.45. The Labute approximate surface area is 103 Å². The molecular formula is C14H20N2O. The van der Waals surface area contributed by atoms with Crippen LogP contribution in [0.15, 0.2) is 18.2 Å². The minimum absolute atomic E-state index is 0.0334. The lowest BCUT2D eigenvalue weighted by molar-refractivity contribution is 0.00754. The molecule has 17 heavy (non-hydrogen) atoms. The third kappa shape index (κ3) is 1.65. The quantitative estimate of drug-likeness (QED) is 0.742. The molecule has 0 aromatic heterocycles. The highest BCUT2D eigenvalue weighted by atomic mass is 16.5. The normalized spacial score (nSPS) is 26.9. The van der Waals surface area contributed by atoms with Crippen molar-refractivity contribution in [1.29, 1.82) is 0 Å². The van der Waals surface area contributed by atoms with Crippen molar-refractivity contribution in [3.8, 4) is 5.75 Å². The highest BCUT2D eigenvalue weighted by Crippen LogP contribution is 2.47. The Kier molecular flexibility index (Phi) is 2.42. The predicted octanol–water partition coefficient (Wildman–Crippen LogP) is 1.85. The highest BCUT2D eigenvalue weighted by Gasteiger charge is 2.47. The summed E-state index contributed by atoms with van der Waals surface area (Å²) < 4.78 is 6.20. The number of piperidine rings is 1. The van der Waals surface area contributed by atoms with Gasteiger partial charge in [-0.25, -0.2) is 0 Å². The van der Waals surface area contributed by atoms with E-state index in [4.69, 9.17) is 10.5 Å². The van der Waals surface area contributed by atoms with Gasteiger partial charge in [0.2, 0.25) is 0 Å². The Bertz CT molecular complexity index is 436. The molecule has 2 heterocycles. The minimum Gasteiger partial charge on any atom is -0.485 e. The van der Waals surface area contributed by atoms with Crippen molar-refractivity contribution in [1.82, 2.24) is 4.90 Å². The molecule has 1 aromatic rings. The molecule has 1 saturated heterocycles. The number of aryl methyl sites for hydroxylation is 1. The molecule has 2 N–H and O–H groups in total. The van der Waals surface area contributed by atoms with E-state index in [1.807, 2.05) is 0 Å². The molecule has 1 spiro atoms. The molecule has 2 aliphatic heterocycles. The van der Waals surface area contributed by atoms with Crippen molar-refractivity contribution < 1.29 is 4.74 Å². The summed E-state index contributed by atoms with van der Waals surface area (Å²) in [6, 6.07) is 6.37. The van der Waals surface area contributed by atoms with Crippen LogP contribution in [0.5, 0.6) is 5.75 Å². The zero-order valence-corrected chi connectivity index (χ0v) is 10.6. The second-order valence-corrected chi connectivity index (χ2v) is 5.49. The van der Waals surface area contributed by atoms with Gasteiger partial charge in [0.25, 0.3) is 0 Å². The molecule has 1 atom stereocenters. The maximum Gasteiger partial charge on any atom is 0.131 e. The van der Waals surface area contributed by atoms with Gasteiger partial charge in [-0.15, -0.1) is 0 Å². The Morgan fingerprint density at radius 3 is 2.76 bits per heavy atom. The van der Waals surface area contributed by atoms with Crippen LogP contribution in [0.4, 0.5) is 0 Å². The van der Waals surface area contributed by atoms with Gasteiger partial charge in [-0.3, -0.25) is 0 Å². The van der Waals surface area contributed by atoms with E-state index >= 15 is 0 Å². The standard InChI is InChI=1S/C14H20N2O/c1-10-3-4-12-11(9-10)13(15)14(17-12)5-7-16(2)8-6-14/h3-4,9,13H,5-8,15H2,1-2H3/t13-/m1/s1. The average Bonchev–Trinajstić information content (AvgIpc) is 2.58. The lowest BCUT2D eigenvalue weighted by atomic mass is 9.83. The summed E-state index contributed by atoms with van der Waals surface area (Å²) in [6.45, 7) is 4.24. The molecule has 3 nitrogen and oxygen atoms in total. The van der Waals surface area contributed by atoms with Crippen molar-refractivity contribution in [3.05, 3.63) is 29.3 Å². The Balaban J connectivity index is 1.93. The first-order chi connectivity index (χ1) is 8.11. The second kappa shape index (κ2) is 3.72. The number of hydrogen-bond acceptors (Lipinski definition) is 3. The molecule has 2 aliphatic rings. The number of rotatable bonds is 0. The van der Waals surface area contributed by atoms with Crippen LogP contribution in [-0.2, 0) is 0 Å². The number of fused-ring (bicyclic) bond motifs is 1. The van der Waals surface area contributed by atoms with Gasteiger partial charge in [0.1, 0.15) is 11.4 Å².